The highest BCUT2D eigenvalue weighted by molar-refractivity contribution is 8.18. The number of thioether (sulfide) groups is 1. The quantitative estimate of drug-likeness (QED) is 0.445. The van der Waals surface area contributed by atoms with Gasteiger partial charge in [-0.3, -0.25) is 19.3 Å². The summed E-state index contributed by atoms with van der Waals surface area (Å²) in [6, 6.07) is 14.5. The van der Waals surface area contributed by atoms with Crippen molar-refractivity contribution in [2.45, 2.75) is 26.6 Å². The Labute approximate surface area is 183 Å². The van der Waals surface area contributed by atoms with E-state index in [4.69, 9.17) is 21.1 Å². The Kier molecular flexibility index (Phi) is 7.18. The van der Waals surface area contributed by atoms with Gasteiger partial charge in [0.2, 0.25) is 0 Å². The number of carbonyl (C=O) groups is 3. The van der Waals surface area contributed by atoms with Crippen LogP contribution in [0.25, 0.3) is 6.08 Å². The number of nitrogens with zero attached hydrogens (tertiary/aromatic N) is 1. The zero-order chi connectivity index (χ0) is 21.7. The molecule has 1 aliphatic rings. The molecule has 6 nitrogen and oxygen atoms in total. The van der Waals surface area contributed by atoms with Crippen LogP contribution in [-0.4, -0.2) is 34.7 Å². The number of halogens is 1. The zero-order valence-electron chi connectivity index (χ0n) is 16.5. The Morgan fingerprint density at radius 2 is 1.83 bits per heavy atom. The lowest BCUT2D eigenvalue weighted by Gasteiger charge is -2.13. The Bertz CT molecular complexity index is 1000. The number of hydrogen-bond donors (Lipinski definition) is 0. The highest BCUT2D eigenvalue weighted by Gasteiger charge is 2.37. The first-order chi connectivity index (χ1) is 14.3. The second-order valence-corrected chi connectivity index (χ2v) is 8.12. The Hall–Kier alpha value is -2.77. The monoisotopic (exact) mass is 445 g/mol. The number of ether oxygens (including phenoxy) is 2. The highest BCUT2D eigenvalue weighted by atomic mass is 35.5. The molecule has 1 aliphatic heterocycles. The Balaban J connectivity index is 1.75. The fourth-order valence-corrected chi connectivity index (χ4v) is 3.73. The van der Waals surface area contributed by atoms with E-state index in [2.05, 4.69) is 0 Å². The number of rotatable bonds is 7. The van der Waals surface area contributed by atoms with Gasteiger partial charge in [-0.2, -0.15) is 0 Å². The molecule has 0 radical (unpaired) electrons. The van der Waals surface area contributed by atoms with Crippen molar-refractivity contribution in [1.29, 1.82) is 0 Å². The van der Waals surface area contributed by atoms with Gasteiger partial charge in [0.25, 0.3) is 11.1 Å². The van der Waals surface area contributed by atoms with Crippen LogP contribution in [0.2, 0.25) is 5.02 Å². The van der Waals surface area contributed by atoms with Gasteiger partial charge in [-0.1, -0.05) is 48.0 Å². The van der Waals surface area contributed by atoms with Crippen molar-refractivity contribution < 1.29 is 23.9 Å². The van der Waals surface area contributed by atoms with Crippen LogP contribution < -0.4 is 4.74 Å². The third kappa shape index (κ3) is 5.43. The number of esters is 1. The van der Waals surface area contributed by atoms with E-state index >= 15 is 0 Å². The molecule has 0 saturated carbocycles. The SMILES string of the molecule is CC(C)OC(=O)CN1C(=O)S/C(=C/c2ccccc2OCc2ccccc2Cl)C1=O. The minimum absolute atomic E-state index is 0.214. The second kappa shape index (κ2) is 9.82. The molecular weight excluding hydrogens is 426 g/mol. The first-order valence-corrected chi connectivity index (χ1v) is 10.4. The topological polar surface area (TPSA) is 72.9 Å². The van der Waals surface area contributed by atoms with Crippen molar-refractivity contribution in [3.05, 3.63) is 69.6 Å². The normalized spacial score (nSPS) is 15.2. The molecule has 0 bridgehead atoms. The van der Waals surface area contributed by atoms with Crippen molar-refractivity contribution in [2.24, 2.45) is 0 Å². The maximum Gasteiger partial charge on any atom is 0.326 e. The summed E-state index contributed by atoms with van der Waals surface area (Å²) >= 11 is 6.95. The van der Waals surface area contributed by atoms with Gasteiger partial charge in [0.15, 0.2) is 0 Å². The summed E-state index contributed by atoms with van der Waals surface area (Å²) in [5.74, 6) is -0.618. The molecule has 0 N–H and O–H groups in total. The minimum atomic E-state index is -0.628. The molecule has 2 aromatic rings. The molecule has 3 rings (SSSR count). The number of imide groups is 1. The third-order valence-corrected chi connectivity index (χ3v) is 5.35. The molecule has 30 heavy (non-hydrogen) atoms. The molecule has 0 aromatic heterocycles. The smallest absolute Gasteiger partial charge is 0.326 e. The summed E-state index contributed by atoms with van der Waals surface area (Å²) in [6.07, 6.45) is 1.26. The predicted molar refractivity (Wildman–Crippen MR) is 116 cm³/mol. The summed E-state index contributed by atoms with van der Waals surface area (Å²) in [5.41, 5.74) is 1.47. The van der Waals surface area contributed by atoms with E-state index < -0.39 is 23.7 Å². The van der Waals surface area contributed by atoms with E-state index in [1.165, 1.54) is 0 Å². The number of para-hydroxylation sites is 1. The molecular formula is C22H20ClNO5S. The average molecular weight is 446 g/mol. The van der Waals surface area contributed by atoms with E-state index in [0.29, 0.717) is 16.3 Å². The third-order valence-electron chi connectivity index (χ3n) is 4.07. The number of hydrogen-bond acceptors (Lipinski definition) is 6. The van der Waals surface area contributed by atoms with Gasteiger partial charge in [0, 0.05) is 16.1 Å². The van der Waals surface area contributed by atoms with Gasteiger partial charge in [-0.05, 0) is 43.8 Å². The standard InChI is InChI=1S/C22H20ClNO5S/c1-14(2)29-20(25)12-24-21(26)19(30-22(24)27)11-15-7-4-6-10-18(15)28-13-16-8-3-5-9-17(16)23/h3-11,14H,12-13H2,1-2H3/b19-11+. The largest absolute Gasteiger partial charge is 0.488 e. The molecule has 0 aliphatic carbocycles. The molecule has 1 heterocycles. The zero-order valence-corrected chi connectivity index (χ0v) is 18.0. The van der Waals surface area contributed by atoms with Gasteiger partial charge in [-0.15, -0.1) is 0 Å². The lowest BCUT2D eigenvalue weighted by atomic mass is 10.1. The van der Waals surface area contributed by atoms with E-state index in [1.54, 1.807) is 44.2 Å². The Morgan fingerprint density at radius 1 is 1.13 bits per heavy atom. The lowest BCUT2D eigenvalue weighted by Crippen LogP contribution is -2.35. The molecule has 0 unspecified atom stereocenters. The van der Waals surface area contributed by atoms with E-state index in [1.807, 2.05) is 24.3 Å². The van der Waals surface area contributed by atoms with Crippen LogP contribution in [0.15, 0.2) is 53.4 Å². The summed E-state index contributed by atoms with van der Waals surface area (Å²) in [4.78, 5) is 37.8. The summed E-state index contributed by atoms with van der Waals surface area (Å²) in [5, 5.41) is 0.0887. The molecule has 0 spiro atoms. The highest BCUT2D eigenvalue weighted by Crippen LogP contribution is 2.34. The van der Waals surface area contributed by atoms with Crippen LogP contribution in [0.4, 0.5) is 4.79 Å². The van der Waals surface area contributed by atoms with Crippen LogP contribution in [0.1, 0.15) is 25.0 Å². The molecule has 156 valence electrons. The fourth-order valence-electron chi connectivity index (χ4n) is 2.71. The lowest BCUT2D eigenvalue weighted by molar-refractivity contribution is -0.149. The van der Waals surface area contributed by atoms with Gasteiger partial charge in [0.1, 0.15) is 18.9 Å². The van der Waals surface area contributed by atoms with Gasteiger partial charge in [-0.25, -0.2) is 0 Å². The second-order valence-electron chi connectivity index (χ2n) is 6.72. The van der Waals surface area contributed by atoms with Gasteiger partial charge >= 0.3 is 5.97 Å². The van der Waals surface area contributed by atoms with Crippen molar-refractivity contribution in [3.63, 3.8) is 0 Å². The molecule has 1 fully saturated rings. The van der Waals surface area contributed by atoms with Gasteiger partial charge in [0.05, 0.1) is 11.0 Å². The maximum absolute atomic E-state index is 12.6. The minimum Gasteiger partial charge on any atom is -0.488 e. The average Bonchev–Trinajstić information content (AvgIpc) is 2.95. The van der Waals surface area contributed by atoms with Crippen LogP contribution in [-0.2, 0) is 20.9 Å². The summed E-state index contributed by atoms with van der Waals surface area (Å²) < 4.78 is 10.9. The van der Waals surface area contributed by atoms with Gasteiger partial charge < -0.3 is 9.47 Å². The maximum atomic E-state index is 12.6. The number of amides is 2. The first-order valence-electron chi connectivity index (χ1n) is 9.25. The molecule has 2 amide bonds. The summed E-state index contributed by atoms with van der Waals surface area (Å²) in [6.45, 7) is 3.24. The van der Waals surface area contributed by atoms with Crippen LogP contribution in [0.5, 0.6) is 5.75 Å². The molecule has 2 aromatic carbocycles. The predicted octanol–water partition coefficient (Wildman–Crippen LogP) is 4.91. The van der Waals surface area contributed by atoms with Crippen molar-refractivity contribution in [1.82, 2.24) is 4.90 Å². The molecule has 8 heteroatoms. The molecule has 0 atom stereocenters. The molecule has 1 saturated heterocycles. The van der Waals surface area contributed by atoms with Crippen LogP contribution in [0.3, 0.4) is 0 Å². The van der Waals surface area contributed by atoms with E-state index in [9.17, 15) is 14.4 Å². The van der Waals surface area contributed by atoms with Crippen molar-refractivity contribution in [2.75, 3.05) is 6.54 Å². The number of benzene rings is 2. The number of carbonyl (C=O) groups excluding carboxylic acids is 3. The fraction of sp³-hybridized carbons (Fsp3) is 0.227. The van der Waals surface area contributed by atoms with Crippen molar-refractivity contribution >= 4 is 46.6 Å². The van der Waals surface area contributed by atoms with E-state index in [0.717, 1.165) is 22.2 Å². The Morgan fingerprint density at radius 3 is 2.57 bits per heavy atom. The van der Waals surface area contributed by atoms with E-state index in [-0.39, 0.29) is 17.6 Å². The first kappa shape index (κ1) is 21.9. The van der Waals surface area contributed by atoms with Crippen LogP contribution >= 0.6 is 23.4 Å². The summed E-state index contributed by atoms with van der Waals surface area (Å²) in [7, 11) is 0. The van der Waals surface area contributed by atoms with Crippen LogP contribution in [0, 0.1) is 0 Å². The van der Waals surface area contributed by atoms with Crippen molar-refractivity contribution in [3.8, 4) is 5.75 Å².